The third kappa shape index (κ3) is 3.20. The maximum Gasteiger partial charge on any atom is 0.240 e. The first-order valence-corrected chi connectivity index (χ1v) is 9.40. The fraction of sp³-hybridized carbons (Fsp3) is 0.200. The number of hydrogen-bond acceptors (Lipinski definition) is 4. The quantitative estimate of drug-likeness (QED) is 0.764. The molecule has 2 amide bonds. The summed E-state index contributed by atoms with van der Waals surface area (Å²) in [5, 5.41) is 3.92. The first kappa shape index (κ1) is 16.7. The summed E-state index contributed by atoms with van der Waals surface area (Å²) in [5.74, 6) is 0.775. The van der Waals surface area contributed by atoms with E-state index in [4.69, 9.17) is 4.42 Å². The molecule has 0 unspecified atom stereocenters. The summed E-state index contributed by atoms with van der Waals surface area (Å²) in [7, 11) is 0. The van der Waals surface area contributed by atoms with Gasteiger partial charge in [-0.25, -0.2) is 0 Å². The lowest BCUT2D eigenvalue weighted by molar-refractivity contribution is -0.123. The summed E-state index contributed by atoms with van der Waals surface area (Å²) in [6, 6.07) is 17.0. The summed E-state index contributed by atoms with van der Waals surface area (Å²) in [4.78, 5) is 27.4. The van der Waals surface area contributed by atoms with E-state index in [1.165, 1.54) is 11.8 Å². The van der Waals surface area contributed by atoms with Crippen molar-refractivity contribution in [2.75, 3.05) is 17.2 Å². The number of amides is 2. The first-order chi connectivity index (χ1) is 12.6. The number of nitrogens with zero attached hydrogens (tertiary/aromatic N) is 1. The van der Waals surface area contributed by atoms with Gasteiger partial charge in [-0.1, -0.05) is 30.3 Å². The minimum absolute atomic E-state index is 0.000967. The van der Waals surface area contributed by atoms with Gasteiger partial charge in [-0.15, -0.1) is 11.8 Å². The second-order valence-corrected chi connectivity index (χ2v) is 7.23. The van der Waals surface area contributed by atoms with Crippen LogP contribution in [0.1, 0.15) is 18.7 Å². The summed E-state index contributed by atoms with van der Waals surface area (Å²) < 4.78 is 5.80. The van der Waals surface area contributed by atoms with Crippen LogP contribution in [0.4, 0.5) is 5.69 Å². The molecule has 6 heteroatoms. The molecule has 0 fully saturated rings. The lowest BCUT2D eigenvalue weighted by Crippen LogP contribution is -2.43. The zero-order valence-electron chi connectivity index (χ0n) is 14.3. The van der Waals surface area contributed by atoms with Crippen LogP contribution in [0.15, 0.2) is 63.9 Å². The van der Waals surface area contributed by atoms with E-state index in [9.17, 15) is 9.59 Å². The highest BCUT2D eigenvalue weighted by atomic mass is 32.2. The van der Waals surface area contributed by atoms with Crippen LogP contribution < -0.4 is 10.2 Å². The van der Waals surface area contributed by atoms with Gasteiger partial charge in [0.2, 0.25) is 11.8 Å². The number of thioether (sulfide) groups is 1. The Morgan fingerprint density at radius 2 is 2.00 bits per heavy atom. The van der Waals surface area contributed by atoms with Gasteiger partial charge in [0.1, 0.15) is 17.9 Å². The Kier molecular flexibility index (Phi) is 4.42. The molecule has 0 saturated carbocycles. The molecule has 2 aromatic carbocycles. The van der Waals surface area contributed by atoms with Gasteiger partial charge in [-0.2, -0.15) is 0 Å². The van der Waals surface area contributed by atoms with Crippen molar-refractivity contribution in [3.63, 3.8) is 0 Å². The maximum atomic E-state index is 12.5. The number of furan rings is 1. The van der Waals surface area contributed by atoms with Gasteiger partial charge in [-0.3, -0.25) is 9.59 Å². The molecule has 1 aromatic heterocycles. The van der Waals surface area contributed by atoms with E-state index >= 15 is 0 Å². The highest BCUT2D eigenvalue weighted by Crippen LogP contribution is 2.34. The van der Waals surface area contributed by atoms with Crippen LogP contribution in [0.5, 0.6) is 0 Å². The van der Waals surface area contributed by atoms with E-state index < -0.39 is 0 Å². The van der Waals surface area contributed by atoms with Crippen LogP contribution >= 0.6 is 11.8 Å². The van der Waals surface area contributed by atoms with Crippen molar-refractivity contribution in [2.24, 2.45) is 0 Å². The van der Waals surface area contributed by atoms with Crippen molar-refractivity contribution in [1.82, 2.24) is 5.32 Å². The molecule has 1 aliphatic heterocycles. The van der Waals surface area contributed by atoms with Crippen molar-refractivity contribution in [1.29, 1.82) is 0 Å². The largest absolute Gasteiger partial charge is 0.459 e. The van der Waals surface area contributed by atoms with Crippen molar-refractivity contribution in [2.45, 2.75) is 17.9 Å². The van der Waals surface area contributed by atoms with E-state index in [1.54, 1.807) is 4.90 Å². The van der Waals surface area contributed by atoms with Crippen molar-refractivity contribution in [3.05, 3.63) is 60.4 Å². The van der Waals surface area contributed by atoms with Crippen LogP contribution in [0.3, 0.4) is 0 Å². The summed E-state index contributed by atoms with van der Waals surface area (Å²) in [6.07, 6.45) is 0. The predicted molar refractivity (Wildman–Crippen MR) is 102 cm³/mol. The summed E-state index contributed by atoms with van der Waals surface area (Å²) >= 11 is 1.50. The molecule has 0 aliphatic carbocycles. The minimum Gasteiger partial charge on any atom is -0.459 e. The number of anilines is 1. The van der Waals surface area contributed by atoms with Crippen LogP contribution in [-0.2, 0) is 9.59 Å². The predicted octanol–water partition coefficient (Wildman–Crippen LogP) is 3.75. The third-order valence-electron chi connectivity index (χ3n) is 4.36. The fourth-order valence-corrected chi connectivity index (χ4v) is 3.98. The van der Waals surface area contributed by atoms with Gasteiger partial charge in [0.25, 0.3) is 0 Å². The molecular formula is C20H18N2O3S. The van der Waals surface area contributed by atoms with Gasteiger partial charge in [0.15, 0.2) is 0 Å². The smallest absolute Gasteiger partial charge is 0.240 e. The number of benzene rings is 2. The molecule has 1 atom stereocenters. The maximum absolute atomic E-state index is 12.5. The van der Waals surface area contributed by atoms with Crippen molar-refractivity contribution >= 4 is 40.2 Å². The first-order valence-electron chi connectivity index (χ1n) is 8.42. The SMILES string of the molecule is C[C@@H](NC(=O)CN1C(=O)CSc2ccccc21)c1cc2ccccc2o1. The molecule has 5 nitrogen and oxygen atoms in total. The molecule has 3 aromatic rings. The van der Waals surface area contributed by atoms with E-state index in [1.807, 2.05) is 61.5 Å². The molecule has 26 heavy (non-hydrogen) atoms. The monoisotopic (exact) mass is 366 g/mol. The van der Waals surface area contributed by atoms with E-state index in [2.05, 4.69) is 5.32 Å². The zero-order chi connectivity index (χ0) is 18.1. The lowest BCUT2D eigenvalue weighted by atomic mass is 10.2. The van der Waals surface area contributed by atoms with Crippen LogP contribution in [0.25, 0.3) is 11.0 Å². The number of hydrogen-bond donors (Lipinski definition) is 1. The van der Waals surface area contributed by atoms with Gasteiger partial charge in [0, 0.05) is 10.3 Å². The fourth-order valence-electron chi connectivity index (χ4n) is 3.04. The Labute approximate surface area is 155 Å². The normalized spacial score (nSPS) is 15.0. The van der Waals surface area contributed by atoms with Gasteiger partial charge >= 0.3 is 0 Å². The molecular weight excluding hydrogens is 348 g/mol. The Morgan fingerprint density at radius 3 is 2.85 bits per heavy atom. The van der Waals surface area contributed by atoms with Gasteiger partial charge in [-0.05, 0) is 31.2 Å². The summed E-state index contributed by atoms with van der Waals surface area (Å²) in [6.45, 7) is 1.87. The number of para-hydroxylation sites is 2. The average molecular weight is 366 g/mol. The average Bonchev–Trinajstić information content (AvgIpc) is 3.08. The third-order valence-corrected chi connectivity index (χ3v) is 5.41. The van der Waals surface area contributed by atoms with Crippen LogP contribution in [-0.4, -0.2) is 24.1 Å². The molecule has 0 spiro atoms. The van der Waals surface area contributed by atoms with Gasteiger partial charge < -0.3 is 14.6 Å². The Balaban J connectivity index is 1.47. The molecule has 1 aliphatic rings. The number of carbonyl (C=O) groups excluding carboxylic acids is 2. The number of fused-ring (bicyclic) bond motifs is 2. The standard InChI is InChI=1S/C20H18N2O3S/c1-13(17-10-14-6-2-4-8-16(14)25-17)21-19(23)11-22-15-7-3-5-9-18(15)26-12-20(22)24/h2-10,13H,11-12H2,1H3,(H,21,23)/t13-/m1/s1. The van der Waals surface area contributed by atoms with Crippen LogP contribution in [0, 0.1) is 0 Å². The molecule has 0 saturated heterocycles. The Morgan fingerprint density at radius 1 is 1.23 bits per heavy atom. The van der Waals surface area contributed by atoms with E-state index in [-0.39, 0.29) is 24.4 Å². The van der Waals surface area contributed by atoms with Crippen molar-refractivity contribution in [3.8, 4) is 0 Å². The topological polar surface area (TPSA) is 62.6 Å². The van der Waals surface area contributed by atoms with Crippen molar-refractivity contribution < 1.29 is 14.0 Å². The lowest BCUT2D eigenvalue weighted by Gasteiger charge is -2.28. The zero-order valence-corrected chi connectivity index (χ0v) is 15.1. The number of carbonyl (C=O) groups is 2. The second-order valence-electron chi connectivity index (χ2n) is 6.21. The molecule has 132 valence electrons. The highest BCUT2D eigenvalue weighted by Gasteiger charge is 2.27. The second kappa shape index (κ2) is 6.88. The molecule has 2 heterocycles. The molecule has 1 N–H and O–H groups in total. The molecule has 0 bridgehead atoms. The number of rotatable bonds is 4. The van der Waals surface area contributed by atoms with E-state index in [0.717, 1.165) is 21.6 Å². The Bertz CT molecular complexity index is 949. The molecule has 4 rings (SSSR count). The highest BCUT2D eigenvalue weighted by molar-refractivity contribution is 8.00. The minimum atomic E-state index is -0.278. The van der Waals surface area contributed by atoms with E-state index in [0.29, 0.717) is 11.5 Å². The number of nitrogens with one attached hydrogen (secondary N) is 1. The molecule has 0 radical (unpaired) electrons. The van der Waals surface area contributed by atoms with Crippen LogP contribution in [0.2, 0.25) is 0 Å². The summed E-state index contributed by atoms with van der Waals surface area (Å²) in [5.41, 5.74) is 1.58. The Hall–Kier alpha value is -2.73. The van der Waals surface area contributed by atoms with Gasteiger partial charge in [0.05, 0.1) is 17.5 Å².